The molecule has 2 aromatic rings. The minimum atomic E-state index is -0.0111. The van der Waals surface area contributed by atoms with Gasteiger partial charge in [-0.1, -0.05) is 23.8 Å². The second-order valence-corrected chi connectivity index (χ2v) is 5.22. The fourth-order valence-corrected chi connectivity index (χ4v) is 2.33. The van der Waals surface area contributed by atoms with Crippen LogP contribution in [0.2, 0.25) is 0 Å². The van der Waals surface area contributed by atoms with E-state index in [9.17, 15) is 4.79 Å². The summed E-state index contributed by atoms with van der Waals surface area (Å²) in [5, 5.41) is 3.29. The number of aromatic nitrogens is 2. The normalized spacial score (nSPS) is 12.4. The van der Waals surface area contributed by atoms with Gasteiger partial charge in [0.15, 0.2) is 0 Å². The highest BCUT2D eigenvalue weighted by atomic mass is 16.1. The topological polar surface area (TPSA) is 46.9 Å². The zero-order valence-corrected chi connectivity index (χ0v) is 12.5. The van der Waals surface area contributed by atoms with E-state index < -0.39 is 0 Å². The molecule has 106 valence electrons. The molecule has 2 rings (SSSR count). The highest BCUT2D eigenvalue weighted by Gasteiger charge is 2.13. The molecule has 0 fully saturated rings. The largest absolute Gasteiger partial charge is 0.312 e. The van der Waals surface area contributed by atoms with Crippen molar-refractivity contribution >= 4 is 0 Å². The maximum absolute atomic E-state index is 12.0. The molecule has 1 aromatic carbocycles. The molecule has 0 saturated carbocycles. The van der Waals surface area contributed by atoms with E-state index in [1.807, 2.05) is 14.0 Å². The highest BCUT2D eigenvalue weighted by Crippen LogP contribution is 2.20. The predicted octanol–water partition coefficient (Wildman–Crippen LogP) is 2.13. The molecule has 1 unspecified atom stereocenters. The van der Waals surface area contributed by atoms with E-state index in [1.54, 1.807) is 17.0 Å². The Hall–Kier alpha value is -1.94. The molecule has 0 aliphatic carbocycles. The monoisotopic (exact) mass is 271 g/mol. The van der Waals surface area contributed by atoms with Gasteiger partial charge in [-0.25, -0.2) is 4.98 Å². The number of likely N-dealkylation sites (N-methyl/N-ethyl adjacent to an activating group) is 1. The number of hydrogen-bond donors (Lipinski definition) is 1. The van der Waals surface area contributed by atoms with Gasteiger partial charge in [-0.2, -0.15) is 0 Å². The molecule has 1 heterocycles. The number of nitrogens with zero attached hydrogens (tertiary/aromatic N) is 2. The smallest absolute Gasteiger partial charge is 0.253 e. The quantitative estimate of drug-likeness (QED) is 0.926. The lowest BCUT2D eigenvalue weighted by Crippen LogP contribution is -2.29. The molecular formula is C16H21N3O. The average Bonchev–Trinajstić information content (AvgIpc) is 2.41. The maximum Gasteiger partial charge on any atom is 0.253 e. The van der Waals surface area contributed by atoms with E-state index in [2.05, 4.69) is 42.3 Å². The van der Waals surface area contributed by atoms with Crippen molar-refractivity contribution in [1.29, 1.82) is 0 Å². The van der Waals surface area contributed by atoms with Gasteiger partial charge in [-0.15, -0.1) is 0 Å². The molecule has 0 amide bonds. The highest BCUT2D eigenvalue weighted by molar-refractivity contribution is 5.33. The summed E-state index contributed by atoms with van der Waals surface area (Å²) in [6.45, 7) is 6.57. The van der Waals surface area contributed by atoms with Crippen molar-refractivity contribution in [2.75, 3.05) is 7.05 Å². The first-order valence-electron chi connectivity index (χ1n) is 6.78. The van der Waals surface area contributed by atoms with Gasteiger partial charge in [0, 0.05) is 18.3 Å². The van der Waals surface area contributed by atoms with Crippen LogP contribution in [0, 0.1) is 20.8 Å². The Kier molecular flexibility index (Phi) is 4.35. The summed E-state index contributed by atoms with van der Waals surface area (Å²) in [5.41, 5.74) is 4.41. The van der Waals surface area contributed by atoms with E-state index in [1.165, 1.54) is 16.7 Å². The molecule has 0 aliphatic heterocycles. The van der Waals surface area contributed by atoms with Crippen molar-refractivity contribution in [2.45, 2.75) is 33.4 Å². The van der Waals surface area contributed by atoms with Gasteiger partial charge in [0.2, 0.25) is 0 Å². The zero-order valence-electron chi connectivity index (χ0n) is 12.5. The molecule has 0 bridgehead atoms. The first kappa shape index (κ1) is 14.5. The molecule has 1 aromatic heterocycles. The molecule has 0 radical (unpaired) electrons. The van der Waals surface area contributed by atoms with Crippen molar-refractivity contribution in [3.8, 4) is 0 Å². The number of aryl methyl sites for hydroxylation is 3. The lowest BCUT2D eigenvalue weighted by atomic mass is 9.99. The van der Waals surface area contributed by atoms with Gasteiger partial charge in [-0.05, 0) is 38.9 Å². The van der Waals surface area contributed by atoms with Crippen molar-refractivity contribution in [1.82, 2.24) is 14.9 Å². The van der Waals surface area contributed by atoms with Crippen LogP contribution in [0.1, 0.15) is 28.4 Å². The van der Waals surface area contributed by atoms with Gasteiger partial charge in [0.25, 0.3) is 5.56 Å². The SMILES string of the molecule is CNC(Cn1cnc(C)cc1=O)c1cc(C)ccc1C. The van der Waals surface area contributed by atoms with Crippen LogP contribution in [0.25, 0.3) is 0 Å². The Balaban J connectivity index is 2.33. The molecule has 0 aliphatic rings. The average molecular weight is 271 g/mol. The lowest BCUT2D eigenvalue weighted by molar-refractivity contribution is 0.484. The Labute approximate surface area is 119 Å². The summed E-state index contributed by atoms with van der Waals surface area (Å²) in [6, 6.07) is 8.05. The fourth-order valence-electron chi connectivity index (χ4n) is 2.33. The molecule has 1 N–H and O–H groups in total. The third-order valence-electron chi connectivity index (χ3n) is 3.55. The van der Waals surface area contributed by atoms with E-state index >= 15 is 0 Å². The van der Waals surface area contributed by atoms with E-state index in [-0.39, 0.29) is 11.6 Å². The summed E-state index contributed by atoms with van der Waals surface area (Å²) in [4.78, 5) is 16.2. The number of hydrogen-bond acceptors (Lipinski definition) is 3. The number of nitrogens with one attached hydrogen (secondary N) is 1. The van der Waals surface area contributed by atoms with Gasteiger partial charge in [0.05, 0.1) is 12.4 Å². The molecule has 1 atom stereocenters. The van der Waals surface area contributed by atoms with Crippen LogP contribution < -0.4 is 10.9 Å². The van der Waals surface area contributed by atoms with Crippen LogP contribution in [-0.4, -0.2) is 16.6 Å². The third kappa shape index (κ3) is 3.14. The van der Waals surface area contributed by atoms with Crippen molar-refractivity contribution < 1.29 is 0 Å². The van der Waals surface area contributed by atoms with Crippen LogP contribution in [0.3, 0.4) is 0 Å². The first-order valence-corrected chi connectivity index (χ1v) is 6.78. The summed E-state index contributed by atoms with van der Waals surface area (Å²) in [6.07, 6.45) is 1.62. The Morgan fingerprint density at radius 3 is 2.65 bits per heavy atom. The van der Waals surface area contributed by atoms with Crippen molar-refractivity contribution in [3.05, 3.63) is 63.3 Å². The molecule has 0 saturated heterocycles. The Morgan fingerprint density at radius 1 is 1.25 bits per heavy atom. The first-order chi connectivity index (χ1) is 9.51. The van der Waals surface area contributed by atoms with E-state index in [0.717, 1.165) is 5.69 Å². The third-order valence-corrected chi connectivity index (χ3v) is 3.55. The Morgan fingerprint density at radius 2 is 2.00 bits per heavy atom. The number of benzene rings is 1. The molecular weight excluding hydrogens is 250 g/mol. The zero-order chi connectivity index (χ0) is 14.7. The number of rotatable bonds is 4. The minimum Gasteiger partial charge on any atom is -0.312 e. The van der Waals surface area contributed by atoms with Crippen LogP contribution >= 0.6 is 0 Å². The van der Waals surface area contributed by atoms with Crippen LogP contribution in [-0.2, 0) is 6.54 Å². The van der Waals surface area contributed by atoms with Gasteiger partial charge >= 0.3 is 0 Å². The summed E-state index contributed by atoms with van der Waals surface area (Å²) in [7, 11) is 1.92. The van der Waals surface area contributed by atoms with Crippen molar-refractivity contribution in [2.24, 2.45) is 0 Å². The van der Waals surface area contributed by atoms with Gasteiger partial charge < -0.3 is 5.32 Å². The second kappa shape index (κ2) is 6.01. The van der Waals surface area contributed by atoms with Gasteiger partial charge in [0.1, 0.15) is 0 Å². The molecule has 4 nitrogen and oxygen atoms in total. The minimum absolute atomic E-state index is 0.0111. The maximum atomic E-state index is 12.0. The predicted molar refractivity (Wildman–Crippen MR) is 81.0 cm³/mol. The van der Waals surface area contributed by atoms with Crippen LogP contribution in [0.5, 0.6) is 0 Å². The van der Waals surface area contributed by atoms with E-state index in [0.29, 0.717) is 6.54 Å². The summed E-state index contributed by atoms with van der Waals surface area (Å²) in [5.74, 6) is 0. The lowest BCUT2D eigenvalue weighted by Gasteiger charge is -2.20. The standard InChI is InChI=1S/C16H21N3O/c1-11-5-6-12(2)14(7-11)15(17-4)9-19-10-18-13(3)8-16(19)20/h5-8,10,15,17H,9H2,1-4H3. The second-order valence-electron chi connectivity index (χ2n) is 5.22. The van der Waals surface area contributed by atoms with Crippen molar-refractivity contribution in [3.63, 3.8) is 0 Å². The van der Waals surface area contributed by atoms with Crippen LogP contribution in [0.4, 0.5) is 0 Å². The van der Waals surface area contributed by atoms with Gasteiger partial charge in [-0.3, -0.25) is 9.36 Å². The Bertz CT molecular complexity index is 661. The molecule has 0 spiro atoms. The molecule has 20 heavy (non-hydrogen) atoms. The van der Waals surface area contributed by atoms with E-state index in [4.69, 9.17) is 0 Å². The fraction of sp³-hybridized carbons (Fsp3) is 0.375. The summed E-state index contributed by atoms with van der Waals surface area (Å²) >= 11 is 0. The summed E-state index contributed by atoms with van der Waals surface area (Å²) < 4.78 is 1.65. The van der Waals surface area contributed by atoms with Crippen LogP contribution in [0.15, 0.2) is 35.4 Å². The molecule has 4 heteroatoms.